The molecule has 0 N–H and O–H groups in total. The molecule has 0 aliphatic rings. The maximum absolute atomic E-state index is 7.32. The van der Waals surface area contributed by atoms with Gasteiger partial charge in [0.05, 0.1) is 6.07 Å². The van der Waals surface area contributed by atoms with Gasteiger partial charge >= 0.3 is 0 Å². The lowest BCUT2D eigenvalue weighted by Crippen LogP contribution is -2.21. The van der Waals surface area contributed by atoms with E-state index in [4.69, 9.17) is 10.00 Å². The van der Waals surface area contributed by atoms with E-state index in [1.165, 1.54) is 26.6 Å². The van der Waals surface area contributed by atoms with Crippen molar-refractivity contribution in [2.75, 3.05) is 32.8 Å². The number of ether oxygens (including phenoxy) is 1. The number of rotatable bonds is 5. The molecule has 92 valence electrons. The Bertz CT molecular complexity index is 110. The molecular weight excluding hydrogens is 188 g/mol. The molecule has 0 spiro atoms. The monoisotopic (exact) mass is 216 g/mol. The summed E-state index contributed by atoms with van der Waals surface area (Å²) in [4.78, 5) is 2.38. The molecule has 0 fully saturated rings. The summed E-state index contributed by atoms with van der Waals surface area (Å²) >= 11 is 0. The van der Waals surface area contributed by atoms with E-state index in [9.17, 15) is 0 Å². The second-order valence-electron chi connectivity index (χ2n) is 2.62. The molecule has 3 nitrogen and oxygen atoms in total. The van der Waals surface area contributed by atoms with Crippen LogP contribution in [0.1, 0.15) is 41.5 Å². The Morgan fingerprint density at radius 1 is 0.933 bits per heavy atom. The maximum atomic E-state index is 7.32. The molecule has 0 aromatic carbocycles. The number of nitrogens with zero attached hydrogens (tertiary/aromatic N) is 2. The van der Waals surface area contributed by atoms with Crippen molar-refractivity contribution < 1.29 is 4.74 Å². The molecule has 0 aromatic heterocycles. The summed E-state index contributed by atoms with van der Waals surface area (Å²) in [5.41, 5.74) is 0. The molecule has 0 unspecified atom stereocenters. The van der Waals surface area contributed by atoms with Gasteiger partial charge in [0.2, 0.25) is 0 Å². The topological polar surface area (TPSA) is 36.3 Å². The first kappa shape index (κ1) is 19.9. The lowest BCUT2D eigenvalue weighted by Gasteiger charge is -2.13. The fraction of sp³-hybridized carbons (Fsp3) is 0.917. The van der Waals surface area contributed by atoms with Crippen LogP contribution in [0.15, 0.2) is 0 Å². The van der Waals surface area contributed by atoms with Gasteiger partial charge in [0.1, 0.15) is 0 Å². The Labute approximate surface area is 96.0 Å². The summed E-state index contributed by atoms with van der Waals surface area (Å²) in [6.45, 7) is 17.2. The van der Waals surface area contributed by atoms with Crippen LogP contribution in [0.2, 0.25) is 0 Å². The summed E-state index contributed by atoms with van der Waals surface area (Å²) in [7, 11) is 0. The third-order valence-electron chi connectivity index (χ3n) is 1.75. The Hall–Kier alpha value is -0.590. The fourth-order valence-electron chi connectivity index (χ4n) is 0.875. The standard InChI is InChI=1S/C6H15N.C4H10O.C2H3N/c1-4-7(5-2)6-3;1-3-5-4-2;1-2-3/h4-6H2,1-3H3;3-4H2,1-2H3;1H3. The number of hydrogen-bond acceptors (Lipinski definition) is 3. The summed E-state index contributed by atoms with van der Waals surface area (Å²) in [6.07, 6.45) is 0. The van der Waals surface area contributed by atoms with Gasteiger partial charge in [-0.1, -0.05) is 20.8 Å². The smallest absolute Gasteiger partial charge is 0.0587 e. The fourth-order valence-corrected chi connectivity index (χ4v) is 0.875. The minimum atomic E-state index is 0.844. The molecule has 0 aromatic rings. The lowest BCUT2D eigenvalue weighted by atomic mass is 10.5. The molecule has 0 bridgehead atoms. The van der Waals surface area contributed by atoms with Crippen molar-refractivity contribution >= 4 is 0 Å². The minimum absolute atomic E-state index is 0.844. The van der Waals surface area contributed by atoms with Crippen LogP contribution < -0.4 is 0 Å². The van der Waals surface area contributed by atoms with Crippen LogP contribution in [0.3, 0.4) is 0 Å². The Morgan fingerprint density at radius 3 is 1.20 bits per heavy atom. The van der Waals surface area contributed by atoms with Gasteiger partial charge in [0.15, 0.2) is 0 Å². The highest BCUT2D eigenvalue weighted by Crippen LogP contribution is 1.81. The van der Waals surface area contributed by atoms with Gasteiger partial charge in [-0.2, -0.15) is 5.26 Å². The average Bonchev–Trinajstić information content (AvgIpc) is 2.24. The zero-order chi connectivity index (χ0) is 12.5. The molecule has 3 heteroatoms. The zero-order valence-corrected chi connectivity index (χ0v) is 11.3. The van der Waals surface area contributed by atoms with Crippen molar-refractivity contribution in [1.29, 1.82) is 5.26 Å². The molecule has 0 amide bonds. The van der Waals surface area contributed by atoms with Gasteiger partial charge < -0.3 is 9.64 Å². The quantitative estimate of drug-likeness (QED) is 0.709. The number of nitriles is 1. The third-order valence-corrected chi connectivity index (χ3v) is 1.75. The first-order chi connectivity index (χ1) is 7.17. The molecule has 0 heterocycles. The van der Waals surface area contributed by atoms with Crippen LogP contribution in [-0.4, -0.2) is 37.7 Å². The number of hydrogen-bond donors (Lipinski definition) is 0. The van der Waals surface area contributed by atoms with E-state index in [0.717, 1.165) is 13.2 Å². The van der Waals surface area contributed by atoms with Crippen LogP contribution in [0.25, 0.3) is 0 Å². The van der Waals surface area contributed by atoms with Crippen molar-refractivity contribution in [2.45, 2.75) is 41.5 Å². The molecule has 0 rings (SSSR count). The normalized spacial score (nSPS) is 8.13. The van der Waals surface area contributed by atoms with E-state index >= 15 is 0 Å². The summed E-state index contributed by atoms with van der Waals surface area (Å²) < 4.78 is 4.83. The summed E-state index contributed by atoms with van der Waals surface area (Å²) in [5, 5.41) is 7.32. The highest BCUT2D eigenvalue weighted by atomic mass is 16.5. The molecule has 0 saturated heterocycles. The van der Waals surface area contributed by atoms with E-state index < -0.39 is 0 Å². The van der Waals surface area contributed by atoms with Crippen LogP contribution in [0, 0.1) is 11.3 Å². The summed E-state index contributed by atoms with van der Waals surface area (Å²) in [6, 6.07) is 1.75. The molecule has 0 saturated carbocycles. The largest absolute Gasteiger partial charge is 0.382 e. The third kappa shape index (κ3) is 31.8. The molecule has 0 aliphatic heterocycles. The first-order valence-electron chi connectivity index (χ1n) is 5.79. The minimum Gasteiger partial charge on any atom is -0.382 e. The van der Waals surface area contributed by atoms with E-state index in [1.807, 2.05) is 13.8 Å². The maximum Gasteiger partial charge on any atom is 0.0587 e. The van der Waals surface area contributed by atoms with Crippen molar-refractivity contribution in [2.24, 2.45) is 0 Å². The Kier molecular flexibility index (Phi) is 30.9. The van der Waals surface area contributed by atoms with E-state index in [-0.39, 0.29) is 0 Å². The molecule has 0 radical (unpaired) electrons. The van der Waals surface area contributed by atoms with E-state index in [2.05, 4.69) is 25.7 Å². The van der Waals surface area contributed by atoms with Gasteiger partial charge in [-0.3, -0.25) is 0 Å². The molecule has 15 heavy (non-hydrogen) atoms. The van der Waals surface area contributed by atoms with Crippen LogP contribution >= 0.6 is 0 Å². The predicted molar refractivity (Wildman–Crippen MR) is 66.9 cm³/mol. The highest BCUT2D eigenvalue weighted by Gasteiger charge is 1.89. The van der Waals surface area contributed by atoms with E-state index in [1.54, 1.807) is 6.07 Å². The van der Waals surface area contributed by atoms with Gasteiger partial charge in [-0.25, -0.2) is 0 Å². The predicted octanol–water partition coefficient (Wildman–Crippen LogP) is 2.92. The van der Waals surface area contributed by atoms with Crippen LogP contribution in [0.4, 0.5) is 0 Å². The van der Waals surface area contributed by atoms with Gasteiger partial charge in [-0.15, -0.1) is 0 Å². The van der Waals surface area contributed by atoms with Gasteiger partial charge in [0.25, 0.3) is 0 Å². The van der Waals surface area contributed by atoms with Gasteiger partial charge in [-0.05, 0) is 33.5 Å². The van der Waals surface area contributed by atoms with Crippen LogP contribution in [-0.2, 0) is 4.74 Å². The Balaban J connectivity index is -0.000000158. The van der Waals surface area contributed by atoms with Crippen molar-refractivity contribution in [3.8, 4) is 6.07 Å². The molecular formula is C12H28N2O. The highest BCUT2D eigenvalue weighted by molar-refractivity contribution is 4.51. The first-order valence-corrected chi connectivity index (χ1v) is 5.79. The summed E-state index contributed by atoms with van der Waals surface area (Å²) in [5.74, 6) is 0. The second kappa shape index (κ2) is 23.3. The van der Waals surface area contributed by atoms with Crippen LogP contribution in [0.5, 0.6) is 0 Å². The SMILES string of the molecule is CC#N.CCN(CC)CC.CCOCC. The molecule has 0 atom stereocenters. The average molecular weight is 216 g/mol. The van der Waals surface area contributed by atoms with Crippen molar-refractivity contribution in [1.82, 2.24) is 4.90 Å². The van der Waals surface area contributed by atoms with Crippen molar-refractivity contribution in [3.05, 3.63) is 0 Å². The van der Waals surface area contributed by atoms with Gasteiger partial charge in [0, 0.05) is 20.1 Å². The zero-order valence-electron chi connectivity index (χ0n) is 11.3. The second-order valence-corrected chi connectivity index (χ2v) is 2.62. The lowest BCUT2D eigenvalue weighted by molar-refractivity contribution is 0.162. The molecule has 0 aliphatic carbocycles. The Morgan fingerprint density at radius 2 is 1.20 bits per heavy atom. The van der Waals surface area contributed by atoms with Crippen molar-refractivity contribution in [3.63, 3.8) is 0 Å². The van der Waals surface area contributed by atoms with E-state index in [0.29, 0.717) is 0 Å².